The number of anilines is 1. The Labute approximate surface area is 108 Å². The molecule has 1 aromatic heterocycles. The second-order valence-electron chi connectivity index (χ2n) is 5.65. The number of nitrogen functional groups attached to an aromatic ring is 1. The van der Waals surface area contributed by atoms with Crippen LogP contribution in [0.2, 0.25) is 0 Å². The Balaban J connectivity index is 2.58. The molecule has 1 aromatic carbocycles. The molecule has 0 bridgehead atoms. The SMILES string of the molecule is Cc1c(N)cccc1-c1nc(C(C)(C)C)nn1C. The van der Waals surface area contributed by atoms with Crippen molar-refractivity contribution in [3.05, 3.63) is 29.6 Å². The van der Waals surface area contributed by atoms with Gasteiger partial charge in [-0.05, 0) is 18.6 Å². The van der Waals surface area contributed by atoms with Gasteiger partial charge in [-0.2, -0.15) is 5.10 Å². The van der Waals surface area contributed by atoms with Crippen LogP contribution < -0.4 is 5.73 Å². The van der Waals surface area contributed by atoms with Crippen molar-refractivity contribution >= 4 is 5.69 Å². The fraction of sp³-hybridized carbons (Fsp3) is 0.429. The molecule has 4 nitrogen and oxygen atoms in total. The highest BCUT2D eigenvalue weighted by molar-refractivity contribution is 5.68. The van der Waals surface area contributed by atoms with Gasteiger partial charge in [-0.1, -0.05) is 32.9 Å². The van der Waals surface area contributed by atoms with E-state index < -0.39 is 0 Å². The van der Waals surface area contributed by atoms with Crippen LogP contribution in [-0.2, 0) is 12.5 Å². The Morgan fingerprint density at radius 2 is 1.89 bits per heavy atom. The van der Waals surface area contributed by atoms with E-state index >= 15 is 0 Å². The highest BCUT2D eigenvalue weighted by Gasteiger charge is 2.22. The van der Waals surface area contributed by atoms with E-state index in [4.69, 9.17) is 5.73 Å². The predicted molar refractivity (Wildman–Crippen MR) is 74.3 cm³/mol. The Morgan fingerprint density at radius 3 is 2.44 bits per heavy atom. The lowest BCUT2D eigenvalue weighted by molar-refractivity contribution is 0.538. The molecule has 0 spiro atoms. The van der Waals surface area contributed by atoms with Crippen molar-refractivity contribution in [2.75, 3.05) is 5.73 Å². The van der Waals surface area contributed by atoms with Crippen LogP contribution in [0.15, 0.2) is 18.2 Å². The standard InChI is InChI=1S/C14H20N4/c1-9-10(7-6-8-11(9)15)12-16-13(14(2,3)4)17-18(12)5/h6-8H,15H2,1-5H3. The first-order valence-corrected chi connectivity index (χ1v) is 6.07. The summed E-state index contributed by atoms with van der Waals surface area (Å²) >= 11 is 0. The van der Waals surface area contributed by atoms with Crippen LogP contribution in [-0.4, -0.2) is 14.8 Å². The lowest BCUT2D eigenvalue weighted by Gasteiger charge is -2.12. The molecule has 0 unspecified atom stereocenters. The predicted octanol–water partition coefficient (Wildman–Crippen LogP) is 2.67. The Morgan fingerprint density at radius 1 is 1.22 bits per heavy atom. The topological polar surface area (TPSA) is 56.7 Å². The lowest BCUT2D eigenvalue weighted by Crippen LogP contribution is -2.13. The number of aromatic nitrogens is 3. The van der Waals surface area contributed by atoms with E-state index in [1.54, 1.807) is 0 Å². The van der Waals surface area contributed by atoms with E-state index in [1.165, 1.54) is 0 Å². The molecule has 0 aliphatic carbocycles. The fourth-order valence-electron chi connectivity index (χ4n) is 1.83. The third kappa shape index (κ3) is 2.10. The minimum absolute atomic E-state index is 0.0513. The number of benzene rings is 1. The van der Waals surface area contributed by atoms with Crippen LogP contribution in [0.25, 0.3) is 11.4 Å². The highest BCUT2D eigenvalue weighted by atomic mass is 15.3. The first kappa shape index (κ1) is 12.6. The van der Waals surface area contributed by atoms with Crippen LogP contribution in [0.3, 0.4) is 0 Å². The van der Waals surface area contributed by atoms with E-state index in [0.717, 1.165) is 28.5 Å². The molecule has 2 rings (SSSR count). The quantitative estimate of drug-likeness (QED) is 0.785. The third-order valence-electron chi connectivity index (χ3n) is 3.05. The monoisotopic (exact) mass is 244 g/mol. The number of nitrogens with zero attached hydrogens (tertiary/aromatic N) is 3. The average molecular weight is 244 g/mol. The minimum atomic E-state index is -0.0513. The van der Waals surface area contributed by atoms with Gasteiger partial charge in [0.25, 0.3) is 0 Å². The maximum Gasteiger partial charge on any atom is 0.158 e. The summed E-state index contributed by atoms with van der Waals surface area (Å²) in [6, 6.07) is 5.88. The molecule has 96 valence electrons. The van der Waals surface area contributed by atoms with Crippen molar-refractivity contribution in [2.45, 2.75) is 33.1 Å². The molecule has 0 aliphatic heterocycles. The van der Waals surface area contributed by atoms with Crippen molar-refractivity contribution in [3.63, 3.8) is 0 Å². The van der Waals surface area contributed by atoms with Crippen molar-refractivity contribution in [1.82, 2.24) is 14.8 Å². The van der Waals surface area contributed by atoms with Gasteiger partial charge in [-0.25, -0.2) is 9.67 Å². The van der Waals surface area contributed by atoms with Crippen molar-refractivity contribution in [2.24, 2.45) is 7.05 Å². The molecule has 1 heterocycles. The summed E-state index contributed by atoms with van der Waals surface area (Å²) in [5, 5.41) is 4.49. The Hall–Kier alpha value is -1.84. The van der Waals surface area contributed by atoms with Gasteiger partial charge in [-0.15, -0.1) is 0 Å². The lowest BCUT2D eigenvalue weighted by atomic mass is 9.96. The highest BCUT2D eigenvalue weighted by Crippen LogP contribution is 2.27. The largest absolute Gasteiger partial charge is 0.398 e. The van der Waals surface area contributed by atoms with E-state index in [0.29, 0.717) is 0 Å². The summed E-state index contributed by atoms with van der Waals surface area (Å²) in [4.78, 5) is 4.65. The van der Waals surface area contributed by atoms with Gasteiger partial charge < -0.3 is 5.73 Å². The number of aryl methyl sites for hydroxylation is 1. The maximum atomic E-state index is 5.94. The molecule has 0 atom stereocenters. The normalized spacial score (nSPS) is 11.8. The minimum Gasteiger partial charge on any atom is -0.398 e. The fourth-order valence-corrected chi connectivity index (χ4v) is 1.83. The molecule has 0 amide bonds. The van der Waals surface area contributed by atoms with Crippen LogP contribution in [0.4, 0.5) is 5.69 Å². The van der Waals surface area contributed by atoms with E-state index in [-0.39, 0.29) is 5.41 Å². The summed E-state index contributed by atoms with van der Waals surface area (Å²) in [6.45, 7) is 8.34. The van der Waals surface area contributed by atoms with Gasteiger partial charge in [0.1, 0.15) is 0 Å². The molecule has 4 heteroatoms. The van der Waals surface area contributed by atoms with Crippen molar-refractivity contribution < 1.29 is 0 Å². The third-order valence-corrected chi connectivity index (χ3v) is 3.05. The second-order valence-corrected chi connectivity index (χ2v) is 5.65. The van der Waals surface area contributed by atoms with E-state index in [9.17, 15) is 0 Å². The molecule has 18 heavy (non-hydrogen) atoms. The van der Waals surface area contributed by atoms with Gasteiger partial charge in [-0.3, -0.25) is 0 Å². The molecule has 0 fully saturated rings. The Kier molecular flexibility index (Phi) is 2.89. The van der Waals surface area contributed by atoms with Crippen LogP contribution in [0.5, 0.6) is 0 Å². The number of hydrogen-bond acceptors (Lipinski definition) is 3. The molecule has 0 saturated heterocycles. The molecule has 0 saturated carbocycles. The summed E-state index contributed by atoms with van der Waals surface area (Å²) in [6.07, 6.45) is 0. The van der Waals surface area contributed by atoms with Crippen molar-refractivity contribution in [3.8, 4) is 11.4 Å². The smallest absolute Gasteiger partial charge is 0.158 e. The van der Waals surface area contributed by atoms with Gasteiger partial charge in [0, 0.05) is 23.7 Å². The summed E-state index contributed by atoms with van der Waals surface area (Å²) in [7, 11) is 1.92. The number of rotatable bonds is 1. The molecular weight excluding hydrogens is 224 g/mol. The zero-order valence-electron chi connectivity index (χ0n) is 11.7. The average Bonchev–Trinajstić information content (AvgIpc) is 2.64. The summed E-state index contributed by atoms with van der Waals surface area (Å²) in [5.41, 5.74) is 8.77. The van der Waals surface area contributed by atoms with Crippen molar-refractivity contribution in [1.29, 1.82) is 0 Å². The van der Waals surface area contributed by atoms with Gasteiger partial charge in [0.05, 0.1) is 0 Å². The number of hydrogen-bond donors (Lipinski definition) is 1. The zero-order valence-corrected chi connectivity index (χ0v) is 11.7. The molecular formula is C14H20N4. The van der Waals surface area contributed by atoms with Crippen LogP contribution in [0, 0.1) is 6.92 Å². The van der Waals surface area contributed by atoms with Gasteiger partial charge in [0.2, 0.25) is 0 Å². The molecule has 0 aliphatic rings. The zero-order chi connectivity index (χ0) is 13.5. The van der Waals surface area contributed by atoms with Crippen LogP contribution in [0.1, 0.15) is 32.2 Å². The molecule has 2 aromatic rings. The van der Waals surface area contributed by atoms with Gasteiger partial charge >= 0.3 is 0 Å². The Bertz CT molecular complexity index is 576. The number of nitrogens with two attached hydrogens (primary N) is 1. The first-order chi connectivity index (χ1) is 8.30. The van der Waals surface area contributed by atoms with E-state index in [2.05, 4.69) is 30.9 Å². The maximum absolute atomic E-state index is 5.94. The second kappa shape index (κ2) is 4.12. The van der Waals surface area contributed by atoms with E-state index in [1.807, 2.05) is 36.9 Å². The molecule has 0 radical (unpaired) electrons. The first-order valence-electron chi connectivity index (χ1n) is 6.07. The summed E-state index contributed by atoms with van der Waals surface area (Å²) in [5.74, 6) is 1.71. The van der Waals surface area contributed by atoms with Crippen LogP contribution >= 0.6 is 0 Å². The van der Waals surface area contributed by atoms with Gasteiger partial charge in [0.15, 0.2) is 11.6 Å². The molecule has 2 N–H and O–H groups in total. The summed E-state index contributed by atoms with van der Waals surface area (Å²) < 4.78 is 1.82.